The van der Waals surface area contributed by atoms with Crippen molar-refractivity contribution in [2.24, 2.45) is 17.3 Å². The Morgan fingerprint density at radius 3 is 2.20 bits per heavy atom. The first-order valence-corrected chi connectivity index (χ1v) is 5.99. The topological polar surface area (TPSA) is 20.2 Å². The van der Waals surface area contributed by atoms with Crippen LogP contribution in [0.25, 0.3) is 0 Å². The summed E-state index contributed by atoms with van der Waals surface area (Å²) in [7, 11) is 0. The highest BCUT2D eigenvalue weighted by Gasteiger charge is 2.57. The summed E-state index contributed by atoms with van der Waals surface area (Å²) in [6, 6.07) is 0. The first kappa shape index (κ1) is 10.0. The SMILES string of the molecule is OC12CC3CC(C1)CC(CC(F)F)(C3)C2. The molecule has 1 nitrogen and oxygen atoms in total. The van der Waals surface area contributed by atoms with Crippen LogP contribution in [0.4, 0.5) is 8.78 Å². The molecule has 4 fully saturated rings. The third kappa shape index (κ3) is 1.59. The van der Waals surface area contributed by atoms with E-state index in [1.807, 2.05) is 0 Å². The molecular weight excluding hydrogens is 198 g/mol. The zero-order chi connectivity index (χ0) is 10.7. The molecule has 4 saturated carbocycles. The Balaban J connectivity index is 1.86. The Labute approximate surface area is 88.9 Å². The first-order chi connectivity index (χ1) is 6.99. The summed E-state index contributed by atoms with van der Waals surface area (Å²) in [6.07, 6.45) is 3.24. The molecule has 4 rings (SSSR count). The first-order valence-electron chi connectivity index (χ1n) is 5.99. The van der Waals surface area contributed by atoms with E-state index >= 15 is 0 Å². The van der Waals surface area contributed by atoms with Crippen molar-refractivity contribution >= 4 is 0 Å². The van der Waals surface area contributed by atoms with E-state index in [1.54, 1.807) is 0 Å². The van der Waals surface area contributed by atoms with Crippen molar-refractivity contribution in [3.05, 3.63) is 0 Å². The molecule has 0 saturated heterocycles. The zero-order valence-corrected chi connectivity index (χ0v) is 8.88. The predicted molar refractivity (Wildman–Crippen MR) is 52.7 cm³/mol. The smallest absolute Gasteiger partial charge is 0.239 e. The molecule has 15 heavy (non-hydrogen) atoms. The number of hydrogen-bond acceptors (Lipinski definition) is 1. The van der Waals surface area contributed by atoms with E-state index in [-0.39, 0.29) is 11.8 Å². The van der Waals surface area contributed by atoms with Crippen LogP contribution in [-0.2, 0) is 0 Å². The molecule has 4 bridgehead atoms. The number of aliphatic hydroxyl groups is 1. The van der Waals surface area contributed by atoms with Gasteiger partial charge in [-0.2, -0.15) is 0 Å². The van der Waals surface area contributed by atoms with Gasteiger partial charge < -0.3 is 5.11 Å². The Morgan fingerprint density at radius 1 is 1.13 bits per heavy atom. The van der Waals surface area contributed by atoms with Gasteiger partial charge in [0.25, 0.3) is 0 Å². The van der Waals surface area contributed by atoms with Crippen LogP contribution in [0.2, 0.25) is 0 Å². The van der Waals surface area contributed by atoms with Gasteiger partial charge in [-0.25, -0.2) is 8.78 Å². The fraction of sp³-hybridized carbons (Fsp3) is 1.00. The van der Waals surface area contributed by atoms with E-state index in [4.69, 9.17) is 0 Å². The minimum Gasteiger partial charge on any atom is -0.390 e. The van der Waals surface area contributed by atoms with Crippen LogP contribution in [0, 0.1) is 17.3 Å². The largest absolute Gasteiger partial charge is 0.390 e. The molecule has 4 aliphatic carbocycles. The lowest BCUT2D eigenvalue weighted by Gasteiger charge is -2.60. The average Bonchev–Trinajstić information content (AvgIpc) is 1.94. The molecule has 0 radical (unpaired) electrons. The molecule has 0 aliphatic heterocycles. The number of halogens is 2. The molecule has 3 heteroatoms. The fourth-order valence-electron chi connectivity index (χ4n) is 4.97. The Hall–Kier alpha value is -0.180. The summed E-state index contributed by atoms with van der Waals surface area (Å²) in [4.78, 5) is 0. The second kappa shape index (κ2) is 2.93. The molecule has 2 atom stereocenters. The molecule has 1 N–H and O–H groups in total. The Morgan fingerprint density at radius 2 is 1.73 bits per heavy atom. The fourth-order valence-corrected chi connectivity index (χ4v) is 4.97. The molecule has 0 heterocycles. The lowest BCUT2D eigenvalue weighted by molar-refractivity contribution is -0.174. The summed E-state index contributed by atoms with van der Waals surface area (Å²) in [5.74, 6) is 1.05. The van der Waals surface area contributed by atoms with Gasteiger partial charge in [-0.15, -0.1) is 0 Å². The van der Waals surface area contributed by atoms with Crippen LogP contribution < -0.4 is 0 Å². The zero-order valence-electron chi connectivity index (χ0n) is 8.88. The van der Waals surface area contributed by atoms with E-state index in [9.17, 15) is 13.9 Å². The van der Waals surface area contributed by atoms with E-state index in [1.165, 1.54) is 6.42 Å². The van der Waals surface area contributed by atoms with E-state index in [0.717, 1.165) is 25.7 Å². The molecule has 0 aromatic rings. The highest BCUT2D eigenvalue weighted by Crippen LogP contribution is 2.63. The third-order valence-electron chi connectivity index (χ3n) is 4.74. The highest BCUT2D eigenvalue weighted by molar-refractivity contribution is 5.08. The Kier molecular flexibility index (Phi) is 1.96. The van der Waals surface area contributed by atoms with Crippen molar-refractivity contribution < 1.29 is 13.9 Å². The van der Waals surface area contributed by atoms with E-state index < -0.39 is 12.0 Å². The van der Waals surface area contributed by atoms with Gasteiger partial charge in [-0.1, -0.05) is 0 Å². The van der Waals surface area contributed by atoms with Gasteiger partial charge in [-0.3, -0.25) is 0 Å². The van der Waals surface area contributed by atoms with Gasteiger partial charge in [0.05, 0.1) is 5.60 Å². The third-order valence-corrected chi connectivity index (χ3v) is 4.74. The summed E-state index contributed by atoms with van der Waals surface area (Å²) in [5.41, 5.74) is -0.800. The van der Waals surface area contributed by atoms with Crippen LogP contribution in [0.5, 0.6) is 0 Å². The molecule has 0 amide bonds. The van der Waals surface area contributed by atoms with Crippen LogP contribution >= 0.6 is 0 Å². The summed E-state index contributed by atoms with van der Waals surface area (Å²) in [5, 5.41) is 10.3. The lowest BCUT2D eigenvalue weighted by atomic mass is 9.47. The molecular formula is C12H18F2O. The predicted octanol–water partition coefficient (Wildman–Crippen LogP) is 2.97. The number of rotatable bonds is 2. The van der Waals surface area contributed by atoms with Crippen molar-refractivity contribution in [1.82, 2.24) is 0 Å². The van der Waals surface area contributed by atoms with E-state index in [2.05, 4.69) is 0 Å². The normalized spacial score (nSPS) is 52.8. The van der Waals surface area contributed by atoms with Crippen LogP contribution in [0.3, 0.4) is 0 Å². The molecule has 86 valence electrons. The highest BCUT2D eigenvalue weighted by atomic mass is 19.3. The Bertz CT molecular complexity index is 257. The minimum atomic E-state index is -2.20. The van der Waals surface area contributed by atoms with Crippen molar-refractivity contribution in [1.29, 1.82) is 0 Å². The molecule has 4 aliphatic rings. The molecule has 0 spiro atoms. The van der Waals surface area contributed by atoms with Crippen molar-refractivity contribution in [3.63, 3.8) is 0 Å². The lowest BCUT2D eigenvalue weighted by Crippen LogP contribution is -2.56. The van der Waals surface area contributed by atoms with Crippen LogP contribution in [0.15, 0.2) is 0 Å². The van der Waals surface area contributed by atoms with Gasteiger partial charge >= 0.3 is 0 Å². The van der Waals surface area contributed by atoms with Crippen molar-refractivity contribution in [3.8, 4) is 0 Å². The maximum Gasteiger partial charge on any atom is 0.239 e. The molecule has 0 aromatic heterocycles. The average molecular weight is 216 g/mol. The van der Waals surface area contributed by atoms with Gasteiger partial charge in [0.1, 0.15) is 0 Å². The molecule has 0 aromatic carbocycles. The molecule has 2 unspecified atom stereocenters. The quantitative estimate of drug-likeness (QED) is 0.752. The second-order valence-electron chi connectivity index (χ2n) is 6.28. The van der Waals surface area contributed by atoms with Crippen LogP contribution in [0.1, 0.15) is 44.9 Å². The minimum absolute atomic E-state index is 0.0162. The monoisotopic (exact) mass is 216 g/mol. The van der Waals surface area contributed by atoms with Crippen molar-refractivity contribution in [2.75, 3.05) is 0 Å². The number of hydrogen-bond donors (Lipinski definition) is 1. The summed E-state index contributed by atoms with van der Waals surface area (Å²) in [6.45, 7) is 0. The summed E-state index contributed by atoms with van der Waals surface area (Å²) < 4.78 is 25.2. The second-order valence-corrected chi connectivity index (χ2v) is 6.28. The number of alkyl halides is 2. The standard InChI is InChI=1S/C12H18F2O/c13-10(14)6-11-2-8-1-9(3-11)5-12(15,4-8)7-11/h8-10,15H,1-7H2. The van der Waals surface area contributed by atoms with Gasteiger partial charge in [-0.05, 0) is 55.8 Å². The van der Waals surface area contributed by atoms with E-state index in [0.29, 0.717) is 18.3 Å². The van der Waals surface area contributed by atoms with Gasteiger partial charge in [0, 0.05) is 6.42 Å². The van der Waals surface area contributed by atoms with Crippen LogP contribution in [-0.4, -0.2) is 17.1 Å². The maximum absolute atomic E-state index is 12.6. The van der Waals surface area contributed by atoms with Gasteiger partial charge in [0.15, 0.2) is 0 Å². The maximum atomic E-state index is 12.6. The summed E-state index contributed by atoms with van der Waals surface area (Å²) >= 11 is 0. The van der Waals surface area contributed by atoms with Gasteiger partial charge in [0.2, 0.25) is 6.43 Å². The van der Waals surface area contributed by atoms with Crippen molar-refractivity contribution in [2.45, 2.75) is 57.0 Å².